The Morgan fingerprint density at radius 3 is 1.36 bits per heavy atom. The van der Waals surface area contributed by atoms with Gasteiger partial charge in [0.05, 0.1) is 0 Å². The summed E-state index contributed by atoms with van der Waals surface area (Å²) in [5.74, 6) is -2.20. The molecule has 0 bridgehead atoms. The third kappa shape index (κ3) is 28.2. The fourth-order valence-electron chi connectivity index (χ4n) is 2.21. The Morgan fingerprint density at radius 1 is 0.607 bits per heavy atom. The van der Waals surface area contributed by atoms with Gasteiger partial charge in [0, 0.05) is 30.8 Å². The van der Waals surface area contributed by atoms with Gasteiger partial charge in [0.1, 0.15) is 0 Å². The highest BCUT2D eigenvalue weighted by molar-refractivity contribution is 5.96. The Labute approximate surface area is 168 Å². The van der Waals surface area contributed by atoms with Gasteiger partial charge in [-0.05, 0) is 6.42 Å². The summed E-state index contributed by atoms with van der Waals surface area (Å²) in [6, 6.07) is 0. The van der Waals surface area contributed by atoms with Crippen molar-refractivity contribution in [2.45, 2.75) is 71.1 Å². The van der Waals surface area contributed by atoms with Crippen LogP contribution in [-0.2, 0) is 19.2 Å². The van der Waals surface area contributed by atoms with E-state index in [1.165, 1.54) is 57.4 Å². The molecule has 0 unspecified atom stereocenters. The molecule has 0 aliphatic heterocycles. The molecule has 0 aliphatic carbocycles. The molecule has 160 valence electrons. The standard InChI is InChI=1S/C16H30N2O2.C4H6N2O2/c1-2-3-4-5-6-7-8-9-10-11-14-18-16(20)13-12-15(17)19;5-3(7)1-2-4(6)8/h12-13H,2-11,14H2,1H3,(H2,17,19)(H,18,20);1-2H,(H2,5,7)(H2,6,8)/b13-12-;2-1-. The van der Waals surface area contributed by atoms with E-state index in [0.717, 1.165) is 31.1 Å². The lowest BCUT2D eigenvalue weighted by molar-refractivity contribution is -0.117. The van der Waals surface area contributed by atoms with Crippen molar-refractivity contribution in [1.82, 2.24) is 5.32 Å². The van der Waals surface area contributed by atoms with E-state index in [4.69, 9.17) is 5.73 Å². The number of hydrogen-bond donors (Lipinski definition) is 4. The van der Waals surface area contributed by atoms with E-state index >= 15 is 0 Å². The molecule has 8 heteroatoms. The van der Waals surface area contributed by atoms with Crippen LogP contribution in [0.15, 0.2) is 24.3 Å². The first-order chi connectivity index (χ1) is 13.3. The summed E-state index contributed by atoms with van der Waals surface area (Å²) in [5.41, 5.74) is 14.1. The molecule has 0 rings (SSSR count). The molecule has 28 heavy (non-hydrogen) atoms. The van der Waals surface area contributed by atoms with Gasteiger partial charge >= 0.3 is 0 Å². The molecule has 0 aromatic rings. The third-order valence-corrected chi connectivity index (χ3v) is 3.64. The van der Waals surface area contributed by atoms with Crippen LogP contribution in [0.1, 0.15) is 71.1 Å². The minimum Gasteiger partial charge on any atom is -0.366 e. The summed E-state index contributed by atoms with van der Waals surface area (Å²) in [5, 5.41) is 2.73. The van der Waals surface area contributed by atoms with Crippen LogP contribution >= 0.6 is 0 Å². The topological polar surface area (TPSA) is 158 Å². The fraction of sp³-hybridized carbons (Fsp3) is 0.600. The number of unbranched alkanes of at least 4 members (excludes halogenated alkanes) is 9. The largest absolute Gasteiger partial charge is 0.366 e. The maximum atomic E-state index is 11.2. The van der Waals surface area contributed by atoms with Crippen molar-refractivity contribution in [3.05, 3.63) is 24.3 Å². The van der Waals surface area contributed by atoms with E-state index < -0.39 is 17.7 Å². The number of primary amides is 3. The molecule has 0 saturated heterocycles. The van der Waals surface area contributed by atoms with Gasteiger partial charge in [0.2, 0.25) is 23.6 Å². The van der Waals surface area contributed by atoms with Gasteiger partial charge in [-0.1, -0.05) is 64.7 Å². The molecule has 8 nitrogen and oxygen atoms in total. The van der Waals surface area contributed by atoms with Crippen LogP contribution in [0.4, 0.5) is 0 Å². The zero-order valence-electron chi connectivity index (χ0n) is 17.0. The molecular formula is C20H36N4O4. The van der Waals surface area contributed by atoms with Gasteiger partial charge in [0.15, 0.2) is 0 Å². The van der Waals surface area contributed by atoms with Gasteiger partial charge < -0.3 is 22.5 Å². The normalized spacial score (nSPS) is 10.5. The van der Waals surface area contributed by atoms with Crippen LogP contribution in [0, 0.1) is 0 Å². The summed E-state index contributed by atoms with van der Waals surface area (Å²) < 4.78 is 0. The number of hydrogen-bond acceptors (Lipinski definition) is 4. The number of rotatable bonds is 15. The Bertz CT molecular complexity index is 500. The minimum absolute atomic E-state index is 0.250. The molecule has 4 amide bonds. The minimum atomic E-state index is -0.677. The van der Waals surface area contributed by atoms with Gasteiger partial charge in [0.25, 0.3) is 0 Å². The smallest absolute Gasteiger partial charge is 0.244 e. The van der Waals surface area contributed by atoms with Crippen molar-refractivity contribution in [1.29, 1.82) is 0 Å². The van der Waals surface area contributed by atoms with E-state index in [9.17, 15) is 19.2 Å². The number of carbonyl (C=O) groups is 4. The Kier molecular flexibility index (Phi) is 20.4. The molecule has 0 aliphatic rings. The molecule has 0 fully saturated rings. The SMILES string of the molecule is CCCCCCCCCCCCNC(=O)/C=C\C(N)=O.NC(=O)/C=C\C(N)=O. The summed E-state index contributed by atoms with van der Waals surface area (Å²) in [4.78, 5) is 41.3. The van der Waals surface area contributed by atoms with E-state index in [-0.39, 0.29) is 5.91 Å². The van der Waals surface area contributed by atoms with E-state index in [1.807, 2.05) is 0 Å². The van der Waals surface area contributed by atoms with Crippen LogP contribution in [-0.4, -0.2) is 30.2 Å². The zero-order valence-corrected chi connectivity index (χ0v) is 17.0. The summed E-state index contributed by atoms with van der Waals surface area (Å²) in [6.07, 6.45) is 16.8. The van der Waals surface area contributed by atoms with Crippen LogP contribution in [0.5, 0.6) is 0 Å². The second-order valence-electron chi connectivity index (χ2n) is 6.35. The van der Waals surface area contributed by atoms with Crippen LogP contribution in [0.3, 0.4) is 0 Å². The first kappa shape index (κ1) is 27.6. The van der Waals surface area contributed by atoms with Crippen molar-refractivity contribution in [3.8, 4) is 0 Å². The van der Waals surface area contributed by atoms with Crippen molar-refractivity contribution in [2.24, 2.45) is 17.2 Å². The van der Waals surface area contributed by atoms with E-state index in [0.29, 0.717) is 6.54 Å². The van der Waals surface area contributed by atoms with Gasteiger partial charge in [-0.3, -0.25) is 19.2 Å². The fourth-order valence-corrected chi connectivity index (χ4v) is 2.21. The molecule has 0 saturated carbocycles. The van der Waals surface area contributed by atoms with Crippen molar-refractivity contribution in [3.63, 3.8) is 0 Å². The average molecular weight is 397 g/mol. The lowest BCUT2D eigenvalue weighted by Crippen LogP contribution is -2.22. The van der Waals surface area contributed by atoms with E-state index in [2.05, 4.69) is 23.7 Å². The second kappa shape index (κ2) is 20.7. The highest BCUT2D eigenvalue weighted by Gasteiger charge is 1.96. The maximum Gasteiger partial charge on any atom is 0.244 e. The van der Waals surface area contributed by atoms with Crippen molar-refractivity contribution < 1.29 is 19.2 Å². The van der Waals surface area contributed by atoms with E-state index in [1.54, 1.807) is 0 Å². The highest BCUT2D eigenvalue weighted by atomic mass is 16.2. The molecule has 0 radical (unpaired) electrons. The van der Waals surface area contributed by atoms with Crippen LogP contribution < -0.4 is 22.5 Å². The zero-order chi connectivity index (χ0) is 21.6. The summed E-state index contributed by atoms with van der Waals surface area (Å²) >= 11 is 0. The van der Waals surface area contributed by atoms with Crippen LogP contribution in [0.25, 0.3) is 0 Å². The number of nitrogens with two attached hydrogens (primary N) is 3. The Hall–Kier alpha value is -2.64. The van der Waals surface area contributed by atoms with Crippen LogP contribution in [0.2, 0.25) is 0 Å². The monoisotopic (exact) mass is 396 g/mol. The number of carbonyl (C=O) groups excluding carboxylic acids is 4. The van der Waals surface area contributed by atoms with Crippen molar-refractivity contribution in [2.75, 3.05) is 6.54 Å². The molecule has 7 N–H and O–H groups in total. The molecule has 0 heterocycles. The predicted molar refractivity (Wildman–Crippen MR) is 111 cm³/mol. The second-order valence-corrected chi connectivity index (χ2v) is 6.35. The highest BCUT2D eigenvalue weighted by Crippen LogP contribution is 2.10. The van der Waals surface area contributed by atoms with Gasteiger partial charge in [-0.2, -0.15) is 0 Å². The van der Waals surface area contributed by atoms with Crippen molar-refractivity contribution >= 4 is 23.6 Å². The molecule has 0 atom stereocenters. The predicted octanol–water partition coefficient (Wildman–Crippen LogP) is 1.58. The third-order valence-electron chi connectivity index (χ3n) is 3.64. The quantitative estimate of drug-likeness (QED) is 0.244. The molecular weight excluding hydrogens is 360 g/mol. The summed E-state index contributed by atoms with van der Waals surface area (Å²) in [7, 11) is 0. The van der Waals surface area contributed by atoms with Gasteiger partial charge in [-0.25, -0.2) is 0 Å². The molecule has 0 spiro atoms. The Balaban J connectivity index is 0. The average Bonchev–Trinajstić information content (AvgIpc) is 2.63. The molecule has 0 aromatic heterocycles. The first-order valence-corrected chi connectivity index (χ1v) is 9.81. The van der Waals surface area contributed by atoms with Gasteiger partial charge in [-0.15, -0.1) is 0 Å². The lowest BCUT2D eigenvalue weighted by atomic mass is 10.1. The number of amides is 4. The summed E-state index contributed by atoms with van der Waals surface area (Å²) in [6.45, 7) is 2.90. The first-order valence-electron chi connectivity index (χ1n) is 9.81. The maximum absolute atomic E-state index is 11.2. The molecule has 0 aromatic carbocycles. The number of nitrogens with one attached hydrogen (secondary N) is 1. The lowest BCUT2D eigenvalue weighted by Gasteiger charge is -2.03. The Morgan fingerprint density at radius 2 is 0.964 bits per heavy atom.